The normalized spacial score (nSPS) is 16.9. The summed E-state index contributed by atoms with van der Waals surface area (Å²) in [5.74, 6) is 0.718. The maximum Gasteiger partial charge on any atom is 0.251 e. The highest BCUT2D eigenvalue weighted by Crippen LogP contribution is 2.51. The van der Waals surface area contributed by atoms with E-state index in [9.17, 15) is 19.0 Å². The van der Waals surface area contributed by atoms with Crippen LogP contribution in [0.2, 0.25) is 0 Å². The lowest BCUT2D eigenvalue weighted by Crippen LogP contribution is -2.51. The van der Waals surface area contributed by atoms with Crippen molar-refractivity contribution in [3.8, 4) is 5.75 Å². The SMILES string of the molecule is CCNc1cc(C(=O)N[C@@H](Cc2ccccc2)[C@@H](O)CNC(C)(C)c2cccc(OC)c2)cc(N2CCCS2(O)O)c1. The highest BCUT2D eigenvalue weighted by Gasteiger charge is 2.31. The van der Waals surface area contributed by atoms with E-state index in [1.807, 2.05) is 81.4 Å². The number of carbonyl (C=O) groups excluding carboxylic acids is 1. The number of anilines is 2. The predicted molar refractivity (Wildman–Crippen MR) is 172 cm³/mol. The Bertz CT molecular complexity index is 1340. The third-order valence-electron chi connectivity index (χ3n) is 7.61. The molecule has 1 aliphatic rings. The van der Waals surface area contributed by atoms with Gasteiger partial charge < -0.3 is 25.8 Å². The number of carbonyl (C=O) groups is 1. The zero-order valence-electron chi connectivity index (χ0n) is 24.8. The second-order valence-corrected chi connectivity index (χ2v) is 13.3. The first-order valence-electron chi connectivity index (χ1n) is 14.4. The molecular weight excluding hydrogens is 552 g/mol. The van der Waals surface area contributed by atoms with Crippen molar-refractivity contribution in [2.75, 3.05) is 42.1 Å². The third-order valence-corrected chi connectivity index (χ3v) is 9.54. The number of nitrogens with zero attached hydrogens (tertiary/aromatic N) is 1. The molecule has 1 aliphatic heterocycles. The van der Waals surface area contributed by atoms with E-state index in [1.54, 1.807) is 23.5 Å². The van der Waals surface area contributed by atoms with Crippen molar-refractivity contribution < 1.29 is 23.7 Å². The highest BCUT2D eigenvalue weighted by molar-refractivity contribution is 8.25. The number of ether oxygens (including phenoxy) is 1. The van der Waals surface area contributed by atoms with Crippen molar-refractivity contribution in [3.05, 3.63) is 89.5 Å². The van der Waals surface area contributed by atoms with E-state index >= 15 is 0 Å². The van der Waals surface area contributed by atoms with Crippen LogP contribution in [0.25, 0.3) is 0 Å². The van der Waals surface area contributed by atoms with Crippen LogP contribution in [0.5, 0.6) is 5.75 Å². The molecule has 0 aliphatic carbocycles. The van der Waals surface area contributed by atoms with Gasteiger partial charge >= 0.3 is 0 Å². The van der Waals surface area contributed by atoms with Gasteiger partial charge in [-0.1, -0.05) is 42.5 Å². The lowest BCUT2D eigenvalue weighted by atomic mass is 9.93. The summed E-state index contributed by atoms with van der Waals surface area (Å²) in [4.78, 5) is 13.7. The van der Waals surface area contributed by atoms with Gasteiger partial charge in [-0.05, 0) is 75.1 Å². The van der Waals surface area contributed by atoms with Crippen LogP contribution >= 0.6 is 10.8 Å². The van der Waals surface area contributed by atoms with Gasteiger partial charge in [0.1, 0.15) is 5.75 Å². The molecule has 2 atom stereocenters. The number of nitrogens with one attached hydrogen (secondary N) is 3. The lowest BCUT2D eigenvalue weighted by molar-refractivity contribution is 0.0813. The Morgan fingerprint density at radius 1 is 1.07 bits per heavy atom. The van der Waals surface area contributed by atoms with Gasteiger partial charge in [0, 0.05) is 36.4 Å². The molecule has 10 heteroatoms. The van der Waals surface area contributed by atoms with Crippen LogP contribution in [0.4, 0.5) is 11.4 Å². The summed E-state index contributed by atoms with van der Waals surface area (Å²) in [6, 6.07) is 22.2. The first-order valence-corrected chi connectivity index (χ1v) is 16.0. The summed E-state index contributed by atoms with van der Waals surface area (Å²) >= 11 is 0. The summed E-state index contributed by atoms with van der Waals surface area (Å²) in [7, 11) is -1.29. The Morgan fingerprint density at radius 3 is 2.50 bits per heavy atom. The molecule has 3 aromatic carbocycles. The molecule has 9 nitrogen and oxygen atoms in total. The summed E-state index contributed by atoms with van der Waals surface area (Å²) in [6.07, 6.45) is 0.197. The van der Waals surface area contributed by atoms with E-state index in [0.29, 0.717) is 48.6 Å². The standard InChI is InChI=1S/C32H44N4O5S/c1-5-33-26-18-24(19-27(21-26)36-15-10-16-42(36,39)40)31(38)35-29(17-23-11-7-6-8-12-23)30(37)22-34-32(2,3)25-13-9-14-28(20-25)41-4/h6-9,11-14,18-21,29-30,33-34,37,39-40H,5,10,15-17,22H2,1-4H3,(H,35,38)/t29-,30-/m0/s1. The zero-order chi connectivity index (χ0) is 30.3. The van der Waals surface area contributed by atoms with E-state index < -0.39 is 28.5 Å². The van der Waals surface area contributed by atoms with Gasteiger partial charge in [0.15, 0.2) is 0 Å². The molecular formula is C32H44N4O5S. The van der Waals surface area contributed by atoms with Crippen LogP contribution < -0.4 is 25.0 Å². The molecule has 42 heavy (non-hydrogen) atoms. The quantitative estimate of drug-likeness (QED) is 0.158. The minimum Gasteiger partial charge on any atom is -0.497 e. The number of hydrogen-bond donors (Lipinski definition) is 6. The number of hydrogen-bond acceptors (Lipinski definition) is 8. The van der Waals surface area contributed by atoms with Crippen molar-refractivity contribution in [2.24, 2.45) is 0 Å². The van der Waals surface area contributed by atoms with Gasteiger partial charge in [-0.3, -0.25) is 18.2 Å². The number of benzene rings is 3. The Morgan fingerprint density at radius 2 is 1.83 bits per heavy atom. The van der Waals surface area contributed by atoms with E-state index in [4.69, 9.17) is 4.74 Å². The molecule has 0 bridgehead atoms. The first-order chi connectivity index (χ1) is 20.0. The maximum atomic E-state index is 13.7. The molecule has 4 rings (SSSR count). The Labute approximate surface area is 250 Å². The molecule has 1 fully saturated rings. The molecule has 1 heterocycles. The van der Waals surface area contributed by atoms with Crippen molar-refractivity contribution in [1.82, 2.24) is 10.6 Å². The van der Waals surface area contributed by atoms with E-state index in [2.05, 4.69) is 16.0 Å². The molecule has 6 N–H and O–H groups in total. The van der Waals surface area contributed by atoms with Crippen LogP contribution in [0.15, 0.2) is 72.8 Å². The van der Waals surface area contributed by atoms with Crippen molar-refractivity contribution in [1.29, 1.82) is 0 Å². The molecule has 3 aromatic rings. The number of amides is 1. The first kappa shape index (κ1) is 31.7. The van der Waals surface area contributed by atoms with E-state index in [1.165, 1.54) is 0 Å². The number of rotatable bonds is 13. The zero-order valence-corrected chi connectivity index (χ0v) is 25.7. The van der Waals surface area contributed by atoms with E-state index in [0.717, 1.165) is 16.9 Å². The van der Waals surface area contributed by atoms with Gasteiger partial charge in [0.05, 0.1) is 30.7 Å². The average molecular weight is 597 g/mol. The van der Waals surface area contributed by atoms with Crippen LogP contribution in [-0.4, -0.2) is 64.8 Å². The third kappa shape index (κ3) is 7.96. The molecule has 0 aromatic heterocycles. The second kappa shape index (κ2) is 13.8. The van der Waals surface area contributed by atoms with Crippen LogP contribution in [0.3, 0.4) is 0 Å². The fourth-order valence-electron chi connectivity index (χ4n) is 5.17. The molecule has 0 spiro atoms. The van der Waals surface area contributed by atoms with Gasteiger partial charge in [0.2, 0.25) is 0 Å². The number of methoxy groups -OCH3 is 1. The summed E-state index contributed by atoms with van der Waals surface area (Å²) < 4.78 is 28.1. The monoisotopic (exact) mass is 596 g/mol. The Hall–Kier alpha value is -3.28. The summed E-state index contributed by atoms with van der Waals surface area (Å²) in [5, 5.41) is 21.2. The van der Waals surface area contributed by atoms with Crippen molar-refractivity contribution >= 4 is 28.1 Å². The maximum absolute atomic E-state index is 13.7. The molecule has 0 saturated carbocycles. The van der Waals surface area contributed by atoms with E-state index in [-0.39, 0.29) is 12.5 Å². The minimum atomic E-state index is -2.92. The van der Waals surface area contributed by atoms with Gasteiger partial charge in [0.25, 0.3) is 5.91 Å². The molecule has 228 valence electrons. The van der Waals surface area contributed by atoms with Crippen LogP contribution in [0.1, 0.15) is 48.7 Å². The molecule has 1 amide bonds. The molecule has 1 saturated heterocycles. The predicted octanol–water partition coefficient (Wildman–Crippen LogP) is 5.23. The van der Waals surface area contributed by atoms with Gasteiger partial charge in [-0.25, -0.2) is 0 Å². The second-order valence-electron chi connectivity index (χ2n) is 11.2. The highest BCUT2D eigenvalue weighted by atomic mass is 32.3. The fourth-order valence-corrected chi connectivity index (χ4v) is 6.77. The molecule has 0 unspecified atom stereocenters. The average Bonchev–Trinajstić information content (AvgIpc) is 3.34. The number of aliphatic hydroxyl groups excluding tert-OH is 1. The number of aliphatic hydroxyl groups is 1. The molecule has 0 radical (unpaired) electrons. The van der Waals surface area contributed by atoms with Crippen LogP contribution in [0, 0.1) is 0 Å². The van der Waals surface area contributed by atoms with Crippen molar-refractivity contribution in [3.63, 3.8) is 0 Å². The fraction of sp³-hybridized carbons (Fsp3) is 0.406. The van der Waals surface area contributed by atoms with Crippen molar-refractivity contribution in [2.45, 2.75) is 51.3 Å². The smallest absolute Gasteiger partial charge is 0.251 e. The summed E-state index contributed by atoms with van der Waals surface area (Å²) in [5.41, 5.74) is 3.20. The Balaban J connectivity index is 1.56. The summed E-state index contributed by atoms with van der Waals surface area (Å²) in [6.45, 7) is 7.42. The van der Waals surface area contributed by atoms with Gasteiger partial charge in [-0.2, -0.15) is 0 Å². The minimum absolute atomic E-state index is 0.235. The Kier molecular flexibility index (Phi) is 10.4. The largest absolute Gasteiger partial charge is 0.497 e. The lowest BCUT2D eigenvalue weighted by Gasteiger charge is -2.38. The topological polar surface area (TPSA) is 126 Å². The van der Waals surface area contributed by atoms with Crippen LogP contribution in [-0.2, 0) is 12.0 Å². The van der Waals surface area contributed by atoms with Gasteiger partial charge in [-0.15, -0.1) is 10.8 Å².